The highest BCUT2D eigenvalue weighted by atomic mass is 16.5. The molecular weight excluding hydrogens is 1360 g/mol. The van der Waals surface area contributed by atoms with Gasteiger partial charge in [-0.05, 0) is 194 Å². The minimum absolute atomic E-state index is 0. The molecule has 0 radical (unpaired) electrons. The van der Waals surface area contributed by atoms with Gasteiger partial charge in [-0.1, -0.05) is 97.6 Å². The van der Waals surface area contributed by atoms with Crippen LogP contribution in [0.3, 0.4) is 0 Å². The van der Waals surface area contributed by atoms with Crippen LogP contribution < -0.4 is 29.1 Å². The molecule has 6 aliphatic heterocycles. The van der Waals surface area contributed by atoms with Crippen molar-refractivity contribution < 1.29 is 27.1 Å². The Bertz CT molecular complexity index is 4000. The van der Waals surface area contributed by atoms with E-state index < -0.39 is 0 Å². The van der Waals surface area contributed by atoms with E-state index in [9.17, 15) is 0 Å². The first-order valence-electron chi connectivity index (χ1n) is 38.3. The van der Waals surface area contributed by atoms with Crippen molar-refractivity contribution in [1.82, 2.24) is 70.2 Å². The Morgan fingerprint density at radius 2 is 0.546 bits per heavy atom. The van der Waals surface area contributed by atoms with E-state index in [1.807, 2.05) is 32.9 Å². The molecule has 6 saturated heterocycles. The van der Waals surface area contributed by atoms with Gasteiger partial charge in [0.15, 0.2) is 0 Å². The summed E-state index contributed by atoms with van der Waals surface area (Å²) in [5.41, 5.74) is 13.2. The predicted molar refractivity (Wildman–Crippen MR) is 442 cm³/mol. The summed E-state index contributed by atoms with van der Waals surface area (Å²) >= 11 is 0. The topological polar surface area (TPSA) is 207 Å². The predicted octanol–water partition coefficient (Wildman–Crippen LogP) is 15.0. The van der Waals surface area contributed by atoms with Crippen molar-refractivity contribution in [3.05, 3.63) is 105 Å². The molecule has 0 saturated carbocycles. The molecule has 0 atom stereocenters. The average Bonchev–Trinajstić information content (AvgIpc) is 1.86. The number of aryl methyl sites for hydroxylation is 8. The van der Waals surface area contributed by atoms with Crippen molar-refractivity contribution in [3.8, 4) is 57.3 Å². The van der Waals surface area contributed by atoms with Gasteiger partial charge in [-0.3, -0.25) is 29.4 Å². The normalized spacial score (nSPS) is 17.6. The number of piperazine rings is 4. The third kappa shape index (κ3) is 21.7. The van der Waals surface area contributed by atoms with Gasteiger partial charge in [-0.15, -0.1) is 20.4 Å². The average molecular weight is 1490 g/mol. The zero-order valence-electron chi connectivity index (χ0n) is 65.7. The third-order valence-corrected chi connectivity index (χ3v) is 22.1. The standard InChI is InChI=1S/C23H35N5O2.C22H33N5O.C18H26N4O2.C17H24N4O.4CH4/c1-16(2)26-10-12-27(13-11-26)19-6-8-28(9-7-19)23-25-24-22(30-23)20-15-21(29-5)18(4)14-17(20)3;1-16(2)25-11-13-26(14-12-25)19-7-9-27(10-8-19)22-24-23-21(28-22)20-6-5-17(3)15-18(20)4;1-12(2)21-6-8-22(9-7-21)18-20-19-17(24-18)15-11-16(23-5)14(4)10-13(15)3;1-12(2)20-7-9-21(10-8-20)17-19-18-16(22-17)15-6-5-13(3)11-14(15)4;;;;/h14-16,19H,6-13H2,1-5H3;5-6,15-16,19H,7-14H2,1-4H3;10-12H,6-9H2,1-5H3;5-6,11-12H,7-10H2,1-4H3;4*1H4. The Kier molecular flexibility index (Phi) is 32.4. The molecule has 0 aliphatic carbocycles. The van der Waals surface area contributed by atoms with Crippen molar-refractivity contribution in [3.63, 3.8) is 0 Å². The van der Waals surface area contributed by atoms with Crippen molar-refractivity contribution >= 4 is 24.1 Å². The molecule has 0 amide bonds. The fraction of sp³-hybridized carbons (Fsp3) is 0.619. The Hall–Kier alpha value is -8.00. The Balaban J connectivity index is 0.000000199. The summed E-state index contributed by atoms with van der Waals surface area (Å²) in [6, 6.07) is 27.1. The van der Waals surface area contributed by atoms with Gasteiger partial charge in [-0.25, -0.2) is 0 Å². The number of anilines is 4. The SMILES string of the molecule is C.C.C.C.COc1cc(-c2nnc(N3CCC(N4CCN(C(C)C)CC4)CC3)o2)c(C)cc1C.COc1cc(-c2nnc(N3CCN(C(C)C)CC3)o2)c(C)cc1C.Cc1ccc(-c2nnc(N3CCC(N4CCN(C(C)C)CC4)CC3)o2)c(C)c1.Cc1ccc(-c2nnc(N3CCN(C(C)C)CC3)o2)c(C)c1. The fourth-order valence-electron chi connectivity index (χ4n) is 15.4. The molecule has 8 aromatic rings. The van der Waals surface area contributed by atoms with Crippen LogP contribution in [-0.4, -0.2) is 252 Å². The lowest BCUT2D eigenvalue weighted by molar-refractivity contribution is 0.0689. The summed E-state index contributed by atoms with van der Waals surface area (Å²) in [5, 5.41) is 34.3. The molecule has 596 valence electrons. The number of aromatic nitrogens is 8. The van der Waals surface area contributed by atoms with Crippen LogP contribution in [0.5, 0.6) is 11.5 Å². The molecule has 0 unspecified atom stereocenters. The summed E-state index contributed by atoms with van der Waals surface area (Å²) in [5.74, 6) is 4.02. The van der Waals surface area contributed by atoms with Crippen LogP contribution in [0.25, 0.3) is 45.8 Å². The first kappa shape index (κ1) is 87.2. The summed E-state index contributed by atoms with van der Waals surface area (Å²) in [6.07, 6.45) is 4.64. The van der Waals surface area contributed by atoms with Gasteiger partial charge in [0.25, 0.3) is 0 Å². The van der Waals surface area contributed by atoms with Crippen LogP contribution >= 0.6 is 0 Å². The summed E-state index contributed by atoms with van der Waals surface area (Å²) in [4.78, 5) is 24.3. The van der Waals surface area contributed by atoms with Gasteiger partial charge >= 0.3 is 24.1 Å². The lowest BCUT2D eigenvalue weighted by Gasteiger charge is -2.43. The molecule has 0 spiro atoms. The van der Waals surface area contributed by atoms with Crippen LogP contribution in [0.2, 0.25) is 0 Å². The van der Waals surface area contributed by atoms with Crippen LogP contribution in [0.4, 0.5) is 24.1 Å². The second kappa shape index (κ2) is 40.1. The van der Waals surface area contributed by atoms with E-state index in [-0.39, 0.29) is 29.7 Å². The quantitative estimate of drug-likeness (QED) is 0.0881. The Morgan fingerprint density at radius 3 is 0.806 bits per heavy atom. The van der Waals surface area contributed by atoms with Gasteiger partial charge in [0.05, 0.1) is 14.2 Å². The lowest BCUT2D eigenvalue weighted by Crippen LogP contribution is -2.54. The van der Waals surface area contributed by atoms with Gasteiger partial charge < -0.3 is 46.7 Å². The number of hydrogen-bond donors (Lipinski definition) is 0. The first-order valence-corrected chi connectivity index (χ1v) is 38.3. The molecule has 0 N–H and O–H groups in total. The number of hydrogen-bond acceptors (Lipinski definition) is 24. The van der Waals surface area contributed by atoms with E-state index in [1.54, 1.807) is 14.2 Å². The molecule has 4 aromatic heterocycles. The first-order chi connectivity index (χ1) is 50.0. The molecule has 6 fully saturated rings. The molecule has 24 heteroatoms. The maximum Gasteiger partial charge on any atom is 0.318 e. The molecule has 4 aromatic carbocycles. The summed E-state index contributed by atoms with van der Waals surface area (Å²) in [7, 11) is 3.36. The van der Waals surface area contributed by atoms with Crippen molar-refractivity contribution in [2.45, 2.75) is 202 Å². The number of benzene rings is 4. The van der Waals surface area contributed by atoms with Crippen LogP contribution in [-0.2, 0) is 0 Å². The number of methoxy groups -OCH3 is 2. The Labute approximate surface area is 647 Å². The van der Waals surface area contributed by atoms with Crippen LogP contribution in [0, 0.1) is 55.4 Å². The largest absolute Gasteiger partial charge is 0.496 e. The zero-order chi connectivity index (χ0) is 73.9. The van der Waals surface area contributed by atoms with E-state index in [4.69, 9.17) is 27.1 Å². The molecule has 0 bridgehead atoms. The smallest absolute Gasteiger partial charge is 0.318 e. The van der Waals surface area contributed by atoms with Gasteiger partial charge in [-0.2, -0.15) is 0 Å². The highest BCUT2D eigenvalue weighted by molar-refractivity contribution is 5.65. The second-order valence-corrected chi connectivity index (χ2v) is 30.5. The van der Waals surface area contributed by atoms with Crippen LogP contribution in [0.15, 0.2) is 78.3 Å². The maximum atomic E-state index is 6.08. The minimum atomic E-state index is 0. The Morgan fingerprint density at radius 1 is 0.296 bits per heavy atom. The van der Waals surface area contributed by atoms with E-state index in [0.717, 1.165) is 147 Å². The molecular formula is C84H134N18O6. The van der Waals surface area contributed by atoms with Crippen molar-refractivity contribution in [2.24, 2.45) is 0 Å². The highest BCUT2D eigenvalue weighted by Crippen LogP contribution is 2.36. The lowest BCUT2D eigenvalue weighted by atomic mass is 10.0. The number of piperidine rings is 2. The van der Waals surface area contributed by atoms with Gasteiger partial charge in [0, 0.05) is 189 Å². The van der Waals surface area contributed by atoms with Gasteiger partial charge in [0.2, 0.25) is 23.6 Å². The number of rotatable bonds is 16. The summed E-state index contributed by atoms with van der Waals surface area (Å²) in [6.45, 7) is 55.9. The fourth-order valence-corrected chi connectivity index (χ4v) is 15.4. The van der Waals surface area contributed by atoms with Crippen molar-refractivity contribution in [1.29, 1.82) is 0 Å². The molecule has 10 heterocycles. The monoisotopic (exact) mass is 1490 g/mol. The minimum Gasteiger partial charge on any atom is -0.496 e. The van der Waals surface area contributed by atoms with Gasteiger partial charge in [0.1, 0.15) is 11.5 Å². The third-order valence-electron chi connectivity index (χ3n) is 22.1. The molecule has 108 heavy (non-hydrogen) atoms. The molecule has 14 rings (SSSR count). The molecule has 24 nitrogen and oxygen atoms in total. The molecule has 6 aliphatic rings. The maximum absolute atomic E-state index is 6.08. The van der Waals surface area contributed by atoms with E-state index in [0.29, 0.717) is 83.9 Å². The zero-order valence-corrected chi connectivity index (χ0v) is 65.7. The van der Waals surface area contributed by atoms with Crippen molar-refractivity contribution in [2.75, 3.05) is 165 Å². The second-order valence-electron chi connectivity index (χ2n) is 30.5. The van der Waals surface area contributed by atoms with Crippen LogP contribution in [0.1, 0.15) is 155 Å². The van der Waals surface area contributed by atoms with E-state index in [1.165, 1.54) is 87.5 Å². The summed E-state index contributed by atoms with van der Waals surface area (Å²) < 4.78 is 34.9. The van der Waals surface area contributed by atoms with E-state index >= 15 is 0 Å². The highest BCUT2D eigenvalue weighted by Gasteiger charge is 2.33. The number of nitrogens with zero attached hydrogens (tertiary/aromatic N) is 18. The van der Waals surface area contributed by atoms with E-state index in [2.05, 4.69) is 228 Å². The number of ether oxygens (including phenoxy) is 2.